The number of hydrogen-bond acceptors (Lipinski definition) is 7. The maximum absolute atomic E-state index is 12.2. The number of nitrogens with zero attached hydrogens (tertiary/aromatic N) is 1. The molecular weight excluding hydrogens is 342 g/mol. The molecular formula is C18H17NO7. The van der Waals surface area contributed by atoms with Gasteiger partial charge in [-0.15, -0.1) is 10.1 Å². The predicted molar refractivity (Wildman–Crippen MR) is 93.9 cm³/mol. The highest BCUT2D eigenvalue weighted by Crippen LogP contribution is 2.37. The molecule has 0 bridgehead atoms. The fourth-order valence-electron chi connectivity index (χ4n) is 2.93. The molecule has 26 heavy (non-hydrogen) atoms. The van der Waals surface area contributed by atoms with Gasteiger partial charge in [0.05, 0.1) is 17.4 Å². The highest BCUT2D eigenvalue weighted by molar-refractivity contribution is 6.08. The maximum Gasteiger partial charge on any atom is 0.344 e. The van der Waals surface area contributed by atoms with Crippen molar-refractivity contribution in [3.63, 3.8) is 0 Å². The van der Waals surface area contributed by atoms with E-state index >= 15 is 0 Å². The second kappa shape index (κ2) is 6.21. The van der Waals surface area contributed by atoms with Gasteiger partial charge in [-0.05, 0) is 47.7 Å². The molecule has 136 valence electrons. The van der Waals surface area contributed by atoms with Gasteiger partial charge < -0.3 is 19.5 Å². The molecule has 0 amide bonds. The highest BCUT2D eigenvalue weighted by Gasteiger charge is 2.24. The van der Waals surface area contributed by atoms with Crippen LogP contribution >= 0.6 is 0 Å². The Morgan fingerprint density at radius 2 is 1.92 bits per heavy atom. The maximum atomic E-state index is 12.2. The molecule has 0 unspecified atom stereocenters. The molecule has 0 saturated carbocycles. The van der Waals surface area contributed by atoms with Crippen molar-refractivity contribution in [1.82, 2.24) is 0 Å². The van der Waals surface area contributed by atoms with E-state index in [1.165, 1.54) is 24.3 Å². The number of aromatic hydroxyl groups is 2. The molecule has 0 aliphatic heterocycles. The fourth-order valence-corrected chi connectivity index (χ4v) is 2.93. The summed E-state index contributed by atoms with van der Waals surface area (Å²) in [5, 5.41) is 30.6. The monoisotopic (exact) mass is 359 g/mol. The second-order valence-electron chi connectivity index (χ2n) is 6.68. The summed E-state index contributed by atoms with van der Waals surface area (Å²) in [7, 11) is 0. The topological polar surface area (TPSA) is 123 Å². The molecule has 0 atom stereocenters. The lowest BCUT2D eigenvalue weighted by molar-refractivity contribution is -0.758. The minimum Gasteiger partial charge on any atom is -0.508 e. The Bertz CT molecular complexity index is 1070. The Balaban J connectivity index is 2.15. The van der Waals surface area contributed by atoms with E-state index in [9.17, 15) is 25.1 Å². The standard InChI is InChI=1S/C18H17NO7/c1-18(2,5-6-25-19(23)24)10-7-14(21)16-13-9-11(20)3-4-12(13)17(22)26-15(16)8-10/h3-4,7-9,20-21H,5-6H2,1-2H3. The number of benzene rings is 2. The number of fused-ring (bicyclic) bond motifs is 3. The minimum absolute atomic E-state index is 0.0369. The largest absolute Gasteiger partial charge is 0.508 e. The summed E-state index contributed by atoms with van der Waals surface area (Å²) in [6.45, 7) is 3.57. The van der Waals surface area contributed by atoms with Crippen LogP contribution in [0.4, 0.5) is 0 Å². The van der Waals surface area contributed by atoms with Gasteiger partial charge in [0, 0.05) is 5.39 Å². The summed E-state index contributed by atoms with van der Waals surface area (Å²) in [5.41, 5.74) is -0.351. The second-order valence-corrected chi connectivity index (χ2v) is 6.68. The van der Waals surface area contributed by atoms with Crippen LogP contribution in [-0.4, -0.2) is 21.9 Å². The smallest absolute Gasteiger partial charge is 0.344 e. The molecule has 0 radical (unpaired) electrons. The average molecular weight is 359 g/mol. The third kappa shape index (κ3) is 3.13. The summed E-state index contributed by atoms with van der Waals surface area (Å²) < 4.78 is 5.34. The normalized spacial score (nSPS) is 11.8. The molecule has 3 rings (SSSR count). The van der Waals surface area contributed by atoms with Crippen molar-refractivity contribution >= 4 is 21.7 Å². The van der Waals surface area contributed by atoms with Gasteiger partial charge >= 0.3 is 5.63 Å². The molecule has 0 spiro atoms. The van der Waals surface area contributed by atoms with Crippen molar-refractivity contribution in [1.29, 1.82) is 0 Å². The first-order valence-corrected chi connectivity index (χ1v) is 7.89. The van der Waals surface area contributed by atoms with Gasteiger partial charge in [0.15, 0.2) is 0 Å². The van der Waals surface area contributed by atoms with Crippen molar-refractivity contribution < 1.29 is 24.6 Å². The van der Waals surface area contributed by atoms with Gasteiger partial charge in [0.2, 0.25) is 0 Å². The molecule has 3 aromatic rings. The Hall–Kier alpha value is -3.29. The lowest BCUT2D eigenvalue weighted by Gasteiger charge is -2.25. The van der Waals surface area contributed by atoms with E-state index < -0.39 is 16.1 Å². The SMILES string of the molecule is CC(C)(CCO[N+](=O)[O-])c1cc(O)c2c(c1)oc(=O)c1ccc(O)cc12. The van der Waals surface area contributed by atoms with Crippen LogP contribution < -0.4 is 5.63 Å². The van der Waals surface area contributed by atoms with Crippen molar-refractivity contribution in [2.45, 2.75) is 25.7 Å². The van der Waals surface area contributed by atoms with Gasteiger partial charge in [0.1, 0.15) is 17.1 Å². The summed E-state index contributed by atoms with van der Waals surface area (Å²) in [6, 6.07) is 7.34. The highest BCUT2D eigenvalue weighted by atomic mass is 16.9. The minimum atomic E-state index is -0.856. The Morgan fingerprint density at radius 1 is 1.19 bits per heavy atom. The first-order valence-electron chi connectivity index (χ1n) is 7.89. The van der Waals surface area contributed by atoms with Crippen molar-refractivity contribution in [3.8, 4) is 11.5 Å². The van der Waals surface area contributed by atoms with Crippen LogP contribution in [0.25, 0.3) is 21.7 Å². The summed E-state index contributed by atoms with van der Waals surface area (Å²) in [4.78, 5) is 26.9. The van der Waals surface area contributed by atoms with Gasteiger partial charge in [-0.1, -0.05) is 13.8 Å². The molecule has 8 heteroatoms. The van der Waals surface area contributed by atoms with E-state index in [-0.39, 0.29) is 29.1 Å². The fraction of sp³-hybridized carbons (Fsp3) is 0.278. The molecule has 2 aromatic carbocycles. The number of phenolic OH excluding ortho intramolecular Hbond substituents is 2. The zero-order valence-electron chi connectivity index (χ0n) is 14.2. The van der Waals surface area contributed by atoms with Crippen molar-refractivity contribution in [2.24, 2.45) is 0 Å². The molecule has 2 N–H and O–H groups in total. The predicted octanol–water partition coefficient (Wildman–Crippen LogP) is 3.23. The number of phenols is 2. The van der Waals surface area contributed by atoms with Crippen LogP contribution in [0.3, 0.4) is 0 Å². The van der Waals surface area contributed by atoms with Crippen LogP contribution in [0.15, 0.2) is 39.5 Å². The molecule has 0 saturated heterocycles. The summed E-state index contributed by atoms with van der Waals surface area (Å²) >= 11 is 0. The Kier molecular flexibility index (Phi) is 4.19. The Labute approximate surface area is 147 Å². The van der Waals surface area contributed by atoms with Crippen LogP contribution in [0.5, 0.6) is 11.5 Å². The van der Waals surface area contributed by atoms with Crippen molar-refractivity contribution in [3.05, 3.63) is 56.4 Å². The Morgan fingerprint density at radius 3 is 2.62 bits per heavy atom. The van der Waals surface area contributed by atoms with Crippen LogP contribution in [0, 0.1) is 10.1 Å². The van der Waals surface area contributed by atoms with Gasteiger partial charge in [-0.3, -0.25) is 0 Å². The van der Waals surface area contributed by atoms with E-state index in [1.807, 2.05) is 13.8 Å². The molecule has 8 nitrogen and oxygen atoms in total. The summed E-state index contributed by atoms with van der Waals surface area (Å²) in [5.74, 6) is -0.148. The average Bonchev–Trinajstić information content (AvgIpc) is 2.53. The number of rotatable bonds is 5. The third-order valence-electron chi connectivity index (χ3n) is 4.48. The van der Waals surface area contributed by atoms with Gasteiger partial charge in [0.25, 0.3) is 5.09 Å². The number of hydrogen-bond donors (Lipinski definition) is 2. The van der Waals surface area contributed by atoms with Crippen LogP contribution in [-0.2, 0) is 10.3 Å². The van der Waals surface area contributed by atoms with E-state index in [4.69, 9.17) is 4.42 Å². The van der Waals surface area contributed by atoms with E-state index in [2.05, 4.69) is 4.84 Å². The lowest BCUT2D eigenvalue weighted by Crippen LogP contribution is -2.20. The summed E-state index contributed by atoms with van der Waals surface area (Å²) in [6.07, 6.45) is 0.317. The quantitative estimate of drug-likeness (QED) is 0.310. The van der Waals surface area contributed by atoms with Gasteiger partial charge in [-0.2, -0.15) is 0 Å². The van der Waals surface area contributed by atoms with Crippen molar-refractivity contribution in [2.75, 3.05) is 6.61 Å². The van der Waals surface area contributed by atoms with E-state index in [1.54, 1.807) is 6.07 Å². The molecule has 0 aliphatic rings. The zero-order valence-corrected chi connectivity index (χ0v) is 14.2. The van der Waals surface area contributed by atoms with Crippen LogP contribution in [0.1, 0.15) is 25.8 Å². The molecule has 0 aliphatic carbocycles. The zero-order chi connectivity index (χ0) is 19.1. The van der Waals surface area contributed by atoms with Gasteiger partial charge in [-0.25, -0.2) is 4.79 Å². The molecule has 0 fully saturated rings. The van der Waals surface area contributed by atoms with E-state index in [0.29, 0.717) is 22.8 Å². The van der Waals surface area contributed by atoms with Crippen LogP contribution in [0.2, 0.25) is 0 Å². The molecule has 1 aromatic heterocycles. The molecule has 1 heterocycles. The third-order valence-corrected chi connectivity index (χ3v) is 4.48. The first kappa shape index (κ1) is 17.5. The van der Waals surface area contributed by atoms with E-state index in [0.717, 1.165) is 0 Å². The lowest BCUT2D eigenvalue weighted by atomic mass is 9.81. The first-order chi connectivity index (χ1) is 12.2.